The van der Waals surface area contributed by atoms with Gasteiger partial charge in [-0.25, -0.2) is 4.98 Å². The monoisotopic (exact) mass is 349 g/mol. The number of hydrogen-bond acceptors (Lipinski definition) is 3. The first-order chi connectivity index (χ1) is 12.7. The molecule has 1 aromatic heterocycles. The van der Waals surface area contributed by atoms with E-state index in [0.717, 1.165) is 18.5 Å². The summed E-state index contributed by atoms with van der Waals surface area (Å²) in [5.74, 6) is 0.573. The number of hydrogen-bond donors (Lipinski definition) is 1. The summed E-state index contributed by atoms with van der Waals surface area (Å²) in [5.41, 5.74) is 3.47. The van der Waals surface area contributed by atoms with Gasteiger partial charge in [-0.1, -0.05) is 43.3 Å². The fourth-order valence-corrected chi connectivity index (χ4v) is 2.65. The number of aryl methyl sites for hydroxylation is 1. The van der Waals surface area contributed by atoms with E-state index in [1.54, 1.807) is 12.5 Å². The highest BCUT2D eigenvalue weighted by atomic mass is 16.5. The first kappa shape index (κ1) is 17.7. The zero-order valence-corrected chi connectivity index (χ0v) is 14.9. The van der Waals surface area contributed by atoms with Crippen LogP contribution in [-0.2, 0) is 24.3 Å². The molecule has 0 saturated heterocycles. The summed E-state index contributed by atoms with van der Waals surface area (Å²) in [6.45, 7) is 3.36. The van der Waals surface area contributed by atoms with Gasteiger partial charge in [-0.3, -0.25) is 4.79 Å². The Labute approximate surface area is 153 Å². The lowest BCUT2D eigenvalue weighted by Crippen LogP contribution is -2.28. The van der Waals surface area contributed by atoms with E-state index in [-0.39, 0.29) is 12.5 Å². The lowest BCUT2D eigenvalue weighted by Gasteiger charge is -2.09. The third-order valence-electron chi connectivity index (χ3n) is 4.11. The van der Waals surface area contributed by atoms with Crippen LogP contribution in [0.25, 0.3) is 0 Å². The summed E-state index contributed by atoms with van der Waals surface area (Å²) >= 11 is 0. The van der Waals surface area contributed by atoms with E-state index in [1.165, 1.54) is 11.1 Å². The number of rotatable bonds is 8. The van der Waals surface area contributed by atoms with Gasteiger partial charge in [-0.2, -0.15) is 0 Å². The zero-order valence-electron chi connectivity index (χ0n) is 14.9. The van der Waals surface area contributed by atoms with Crippen molar-refractivity contribution in [1.82, 2.24) is 14.9 Å². The maximum Gasteiger partial charge on any atom is 0.258 e. The normalized spacial score (nSPS) is 10.5. The molecule has 1 amide bonds. The smallest absolute Gasteiger partial charge is 0.258 e. The minimum atomic E-state index is -0.135. The van der Waals surface area contributed by atoms with Gasteiger partial charge in [0.1, 0.15) is 5.75 Å². The van der Waals surface area contributed by atoms with E-state index < -0.39 is 0 Å². The number of carbonyl (C=O) groups excluding carboxylic acids is 1. The van der Waals surface area contributed by atoms with E-state index in [2.05, 4.69) is 29.4 Å². The van der Waals surface area contributed by atoms with Crippen molar-refractivity contribution < 1.29 is 9.53 Å². The van der Waals surface area contributed by atoms with Gasteiger partial charge in [0.05, 0.1) is 6.33 Å². The minimum Gasteiger partial charge on any atom is -0.484 e. The maximum absolute atomic E-state index is 12.0. The van der Waals surface area contributed by atoms with Crippen molar-refractivity contribution in [2.45, 2.75) is 26.4 Å². The summed E-state index contributed by atoms with van der Waals surface area (Å²) in [6, 6.07) is 16.0. The highest BCUT2D eigenvalue weighted by Crippen LogP contribution is 2.12. The Bertz CT molecular complexity index is 827. The molecule has 0 fully saturated rings. The van der Waals surface area contributed by atoms with Crippen LogP contribution in [0.2, 0.25) is 0 Å². The Kier molecular flexibility index (Phi) is 6.04. The van der Waals surface area contributed by atoms with E-state index in [1.807, 2.05) is 47.2 Å². The van der Waals surface area contributed by atoms with E-state index in [4.69, 9.17) is 4.74 Å². The summed E-state index contributed by atoms with van der Waals surface area (Å²) in [5, 5.41) is 2.89. The SMILES string of the molecule is CCc1ccc(OCC(=O)NCc2cccc(Cn3ccnc3)c2)cc1. The second kappa shape index (κ2) is 8.85. The zero-order chi connectivity index (χ0) is 18.2. The average molecular weight is 349 g/mol. The number of aromatic nitrogens is 2. The second-order valence-electron chi connectivity index (χ2n) is 6.12. The lowest BCUT2D eigenvalue weighted by atomic mass is 10.1. The molecular formula is C21H23N3O2. The van der Waals surface area contributed by atoms with Gasteiger partial charge in [0, 0.05) is 25.5 Å². The van der Waals surface area contributed by atoms with Crippen LogP contribution in [0.3, 0.4) is 0 Å². The fraction of sp³-hybridized carbons (Fsp3) is 0.238. The predicted molar refractivity (Wildman–Crippen MR) is 101 cm³/mol. The number of carbonyl (C=O) groups is 1. The maximum atomic E-state index is 12.0. The molecule has 0 aliphatic carbocycles. The molecule has 5 heteroatoms. The van der Waals surface area contributed by atoms with Gasteiger partial charge in [0.15, 0.2) is 6.61 Å². The second-order valence-corrected chi connectivity index (χ2v) is 6.12. The van der Waals surface area contributed by atoms with Gasteiger partial charge >= 0.3 is 0 Å². The number of amides is 1. The largest absolute Gasteiger partial charge is 0.484 e. The molecule has 2 aromatic carbocycles. The molecule has 134 valence electrons. The number of nitrogens with zero attached hydrogens (tertiary/aromatic N) is 2. The van der Waals surface area contributed by atoms with Gasteiger partial charge in [0.25, 0.3) is 5.91 Å². The Morgan fingerprint density at radius 3 is 2.65 bits per heavy atom. The van der Waals surface area contributed by atoms with Crippen molar-refractivity contribution in [2.24, 2.45) is 0 Å². The van der Waals surface area contributed by atoms with Crippen LogP contribution in [-0.4, -0.2) is 22.1 Å². The van der Waals surface area contributed by atoms with Gasteiger partial charge < -0.3 is 14.6 Å². The van der Waals surface area contributed by atoms with Crippen LogP contribution >= 0.6 is 0 Å². The Morgan fingerprint density at radius 2 is 1.92 bits per heavy atom. The molecule has 0 atom stereocenters. The van der Waals surface area contributed by atoms with Crippen molar-refractivity contribution >= 4 is 5.91 Å². The Morgan fingerprint density at radius 1 is 1.12 bits per heavy atom. The minimum absolute atomic E-state index is 0.0141. The highest BCUT2D eigenvalue weighted by Gasteiger charge is 2.04. The third kappa shape index (κ3) is 5.21. The summed E-state index contributed by atoms with van der Waals surface area (Å²) in [4.78, 5) is 16.1. The molecule has 0 saturated carbocycles. The van der Waals surface area contributed by atoms with Gasteiger partial charge in [-0.15, -0.1) is 0 Å². The third-order valence-corrected chi connectivity index (χ3v) is 4.11. The predicted octanol–water partition coefficient (Wildman–Crippen LogP) is 3.19. The molecule has 26 heavy (non-hydrogen) atoms. The van der Waals surface area contributed by atoms with Crippen LogP contribution in [0.4, 0.5) is 0 Å². The van der Waals surface area contributed by atoms with Crippen LogP contribution in [0, 0.1) is 0 Å². The molecule has 0 spiro atoms. The van der Waals surface area contributed by atoms with E-state index >= 15 is 0 Å². The molecule has 5 nitrogen and oxygen atoms in total. The van der Waals surface area contributed by atoms with E-state index in [9.17, 15) is 4.79 Å². The molecule has 1 N–H and O–H groups in total. The van der Waals surface area contributed by atoms with Crippen LogP contribution in [0.15, 0.2) is 67.3 Å². The van der Waals surface area contributed by atoms with Gasteiger partial charge in [0.2, 0.25) is 0 Å². The first-order valence-electron chi connectivity index (χ1n) is 8.75. The van der Waals surface area contributed by atoms with Gasteiger partial charge in [-0.05, 0) is 35.2 Å². The highest BCUT2D eigenvalue weighted by molar-refractivity contribution is 5.77. The molecule has 3 rings (SSSR count). The lowest BCUT2D eigenvalue weighted by molar-refractivity contribution is -0.123. The molecule has 0 radical (unpaired) electrons. The first-order valence-corrected chi connectivity index (χ1v) is 8.75. The van der Waals surface area contributed by atoms with Crippen molar-refractivity contribution in [2.75, 3.05) is 6.61 Å². The molecule has 0 aliphatic rings. The number of nitrogens with one attached hydrogen (secondary N) is 1. The van der Waals surface area contributed by atoms with Crippen LogP contribution in [0.1, 0.15) is 23.6 Å². The number of imidazole rings is 1. The van der Waals surface area contributed by atoms with Crippen molar-refractivity contribution in [3.63, 3.8) is 0 Å². The fourth-order valence-electron chi connectivity index (χ4n) is 2.65. The average Bonchev–Trinajstić information content (AvgIpc) is 3.18. The molecule has 3 aromatic rings. The molecular weight excluding hydrogens is 326 g/mol. The molecule has 0 unspecified atom stereocenters. The summed E-state index contributed by atoms with van der Waals surface area (Å²) in [7, 11) is 0. The summed E-state index contributed by atoms with van der Waals surface area (Å²) < 4.78 is 7.54. The van der Waals surface area contributed by atoms with E-state index in [0.29, 0.717) is 12.3 Å². The van der Waals surface area contributed by atoms with Crippen molar-refractivity contribution in [3.8, 4) is 5.75 Å². The number of ether oxygens (including phenoxy) is 1. The van der Waals surface area contributed by atoms with Crippen LogP contribution < -0.4 is 10.1 Å². The topological polar surface area (TPSA) is 56.1 Å². The van der Waals surface area contributed by atoms with Crippen molar-refractivity contribution in [1.29, 1.82) is 0 Å². The Balaban J connectivity index is 1.46. The van der Waals surface area contributed by atoms with Crippen molar-refractivity contribution in [3.05, 3.63) is 83.9 Å². The molecule has 0 bridgehead atoms. The summed E-state index contributed by atoms with van der Waals surface area (Å²) in [6.07, 6.45) is 6.47. The van der Waals surface area contributed by atoms with Crippen LogP contribution in [0.5, 0.6) is 5.75 Å². The number of benzene rings is 2. The molecule has 1 heterocycles. The standard InChI is InChI=1S/C21H23N3O2/c1-2-17-6-8-20(9-7-17)26-15-21(25)23-13-18-4-3-5-19(12-18)14-24-11-10-22-16-24/h3-12,16H,2,13-15H2,1H3,(H,23,25). The quantitative estimate of drug-likeness (QED) is 0.679. The Hall–Kier alpha value is -3.08. The molecule has 0 aliphatic heterocycles.